The highest BCUT2D eigenvalue weighted by molar-refractivity contribution is 7.98. The van der Waals surface area contributed by atoms with Crippen LogP contribution in [-0.2, 0) is 4.79 Å². The molecule has 0 saturated carbocycles. The van der Waals surface area contributed by atoms with Crippen LogP contribution in [0.3, 0.4) is 0 Å². The number of rotatable bonds is 6. The van der Waals surface area contributed by atoms with Crippen molar-refractivity contribution in [2.75, 3.05) is 23.5 Å². The van der Waals surface area contributed by atoms with E-state index >= 15 is 0 Å². The van der Waals surface area contributed by atoms with Gasteiger partial charge in [-0.25, -0.2) is 4.68 Å². The van der Waals surface area contributed by atoms with Crippen molar-refractivity contribution >= 4 is 23.4 Å². The summed E-state index contributed by atoms with van der Waals surface area (Å²) in [7, 11) is 0. The average molecular weight is 372 g/mol. The Morgan fingerprint density at radius 2 is 2.16 bits per heavy atom. The quantitative estimate of drug-likeness (QED) is 0.779. The van der Waals surface area contributed by atoms with Gasteiger partial charge < -0.3 is 4.90 Å². The fourth-order valence-electron chi connectivity index (χ4n) is 2.44. The second-order valence-electron chi connectivity index (χ2n) is 5.39. The molecule has 1 atom stereocenters. The number of amides is 1. The van der Waals surface area contributed by atoms with Gasteiger partial charge in [-0.3, -0.25) is 9.78 Å². The molecule has 1 amide bonds. The maximum atomic E-state index is 13.3. The monoisotopic (exact) mass is 372 g/mol. The third kappa shape index (κ3) is 4.33. The molecule has 1 unspecified atom stereocenters. The molecule has 0 bridgehead atoms. The molecule has 2 aromatic rings. The van der Waals surface area contributed by atoms with Gasteiger partial charge >= 0.3 is 6.18 Å². The maximum absolute atomic E-state index is 13.3. The summed E-state index contributed by atoms with van der Waals surface area (Å²) in [5.41, 5.74) is 1.51. The largest absolute Gasteiger partial charge is 0.401 e. The van der Waals surface area contributed by atoms with Gasteiger partial charge in [0.05, 0.1) is 29.5 Å². The molecule has 0 saturated heterocycles. The summed E-state index contributed by atoms with van der Waals surface area (Å²) in [5.74, 6) is -3.31. The van der Waals surface area contributed by atoms with Crippen LogP contribution in [0.2, 0.25) is 0 Å². The lowest BCUT2D eigenvalue weighted by atomic mass is 10.1. The number of halogens is 3. The second-order valence-corrected chi connectivity index (χ2v) is 6.30. The van der Waals surface area contributed by atoms with E-state index in [2.05, 4.69) is 10.1 Å². The van der Waals surface area contributed by atoms with Gasteiger partial charge in [0.15, 0.2) is 0 Å². The summed E-state index contributed by atoms with van der Waals surface area (Å²) in [6.07, 6.45) is 1.72. The first-order chi connectivity index (χ1) is 11.8. The van der Waals surface area contributed by atoms with Crippen molar-refractivity contribution in [3.8, 4) is 5.69 Å². The number of nitrogens with zero attached hydrogens (tertiary/aromatic N) is 4. The van der Waals surface area contributed by atoms with Crippen LogP contribution in [0, 0.1) is 12.8 Å². The van der Waals surface area contributed by atoms with Crippen molar-refractivity contribution in [3.63, 3.8) is 0 Å². The van der Waals surface area contributed by atoms with Gasteiger partial charge in [-0.05, 0) is 32.2 Å². The molecule has 0 fully saturated rings. The first-order valence-corrected chi connectivity index (χ1v) is 9.02. The number of carbonyl (C=O) groups excluding carboxylic acids is 1. The van der Waals surface area contributed by atoms with Crippen molar-refractivity contribution in [3.05, 3.63) is 36.4 Å². The minimum Gasteiger partial charge on any atom is -0.309 e. The van der Waals surface area contributed by atoms with E-state index in [1.165, 1.54) is 4.68 Å². The molecule has 0 aliphatic carbocycles. The van der Waals surface area contributed by atoms with Crippen molar-refractivity contribution in [1.82, 2.24) is 14.8 Å². The van der Waals surface area contributed by atoms with Gasteiger partial charge in [0, 0.05) is 18.5 Å². The maximum Gasteiger partial charge on any atom is 0.401 e. The zero-order valence-corrected chi connectivity index (χ0v) is 14.9. The second kappa shape index (κ2) is 7.90. The Morgan fingerprint density at radius 1 is 1.44 bits per heavy atom. The van der Waals surface area contributed by atoms with Crippen LogP contribution >= 0.6 is 11.8 Å². The molecule has 0 N–H and O–H groups in total. The van der Waals surface area contributed by atoms with Crippen LogP contribution in [0.5, 0.6) is 0 Å². The lowest BCUT2D eigenvalue weighted by Gasteiger charge is -2.26. The number of hydrogen-bond donors (Lipinski definition) is 0. The van der Waals surface area contributed by atoms with Gasteiger partial charge in [-0.15, -0.1) is 0 Å². The molecule has 0 aromatic carbocycles. The Labute approximate surface area is 148 Å². The normalized spacial score (nSPS) is 12.9. The highest BCUT2D eigenvalue weighted by Gasteiger charge is 2.46. The van der Waals surface area contributed by atoms with Gasteiger partial charge in [0.2, 0.25) is 5.91 Å². The Morgan fingerprint density at radius 3 is 2.68 bits per heavy atom. The first kappa shape index (κ1) is 19.3. The number of alkyl halides is 3. The molecular formula is C16H19F3N4OS. The van der Waals surface area contributed by atoms with Crippen LogP contribution in [0.4, 0.5) is 18.9 Å². The Balaban J connectivity index is 2.37. The number of pyridine rings is 1. The zero-order chi connectivity index (χ0) is 18.6. The molecule has 0 radical (unpaired) electrons. The van der Waals surface area contributed by atoms with Crippen molar-refractivity contribution in [2.45, 2.75) is 20.0 Å². The van der Waals surface area contributed by atoms with Gasteiger partial charge in [-0.2, -0.15) is 30.0 Å². The summed E-state index contributed by atoms with van der Waals surface area (Å²) in [4.78, 5) is 17.7. The number of anilines is 1. The topological polar surface area (TPSA) is 51.0 Å². The predicted octanol–water partition coefficient (Wildman–Crippen LogP) is 3.47. The number of carbonyl (C=O) groups is 1. The van der Waals surface area contributed by atoms with Crippen molar-refractivity contribution in [1.29, 1.82) is 0 Å². The molecular weight excluding hydrogens is 353 g/mol. The van der Waals surface area contributed by atoms with Crippen molar-refractivity contribution < 1.29 is 18.0 Å². The van der Waals surface area contributed by atoms with Crippen molar-refractivity contribution in [2.24, 2.45) is 5.92 Å². The lowest BCUT2D eigenvalue weighted by Crippen LogP contribution is -2.44. The highest BCUT2D eigenvalue weighted by Crippen LogP contribution is 2.32. The summed E-state index contributed by atoms with van der Waals surface area (Å²) < 4.78 is 41.3. The summed E-state index contributed by atoms with van der Waals surface area (Å²) in [6, 6.07) is 3.50. The van der Waals surface area contributed by atoms with Crippen LogP contribution < -0.4 is 4.90 Å². The van der Waals surface area contributed by atoms with E-state index in [1.807, 2.05) is 0 Å². The third-order valence-electron chi connectivity index (χ3n) is 3.68. The van der Waals surface area contributed by atoms with E-state index in [0.717, 1.165) is 16.7 Å². The van der Waals surface area contributed by atoms with Crippen LogP contribution in [-0.4, -0.2) is 45.4 Å². The van der Waals surface area contributed by atoms with Gasteiger partial charge in [0.1, 0.15) is 5.92 Å². The number of aryl methyl sites for hydroxylation is 1. The molecule has 0 spiro atoms. The lowest BCUT2D eigenvalue weighted by molar-refractivity contribution is -0.176. The Kier molecular flexibility index (Phi) is 6.10. The molecule has 2 heterocycles. The van der Waals surface area contributed by atoms with Crippen LogP contribution in [0.25, 0.3) is 5.69 Å². The molecule has 25 heavy (non-hydrogen) atoms. The smallest absolute Gasteiger partial charge is 0.309 e. The van der Waals surface area contributed by atoms with E-state index in [4.69, 9.17) is 0 Å². The van der Waals surface area contributed by atoms with E-state index in [-0.39, 0.29) is 12.3 Å². The average Bonchev–Trinajstić information content (AvgIpc) is 2.95. The molecule has 0 aliphatic heterocycles. The Bertz CT molecular complexity index is 718. The van der Waals surface area contributed by atoms with Gasteiger partial charge in [-0.1, -0.05) is 0 Å². The van der Waals surface area contributed by atoms with Crippen LogP contribution in [0.1, 0.15) is 12.6 Å². The van der Waals surface area contributed by atoms with E-state index < -0.39 is 18.0 Å². The van der Waals surface area contributed by atoms with Gasteiger partial charge in [0.25, 0.3) is 0 Å². The molecule has 9 heteroatoms. The minimum atomic E-state index is -4.58. The van der Waals surface area contributed by atoms with E-state index in [9.17, 15) is 18.0 Å². The highest BCUT2D eigenvalue weighted by atomic mass is 32.2. The number of hydrogen-bond acceptors (Lipinski definition) is 4. The fraction of sp³-hybridized carbons (Fsp3) is 0.438. The minimum absolute atomic E-state index is 0.124. The van der Waals surface area contributed by atoms with E-state index in [0.29, 0.717) is 17.1 Å². The summed E-state index contributed by atoms with van der Waals surface area (Å²) >= 11 is 0.998. The summed E-state index contributed by atoms with van der Waals surface area (Å²) in [6.45, 7) is 3.43. The molecule has 2 aromatic heterocycles. The SMILES string of the molecule is CCN(C(=O)C(CSC)C(F)(F)F)c1cn(-c2cccnc2)nc1C. The van der Waals surface area contributed by atoms with E-state index in [1.54, 1.807) is 50.8 Å². The predicted molar refractivity (Wildman–Crippen MR) is 92.1 cm³/mol. The fourth-order valence-corrected chi connectivity index (χ4v) is 3.11. The molecule has 136 valence electrons. The third-order valence-corrected chi connectivity index (χ3v) is 4.35. The number of aromatic nitrogens is 3. The standard InChI is InChI=1S/C16H19F3N4OS/c1-4-22(15(24)13(10-25-3)16(17,18)19)14-9-23(21-11(14)2)12-6-5-7-20-8-12/h5-9,13H,4,10H2,1-3H3. The first-order valence-electron chi connectivity index (χ1n) is 7.63. The Hall–Kier alpha value is -2.03. The number of thioether (sulfide) groups is 1. The molecule has 5 nitrogen and oxygen atoms in total. The zero-order valence-electron chi connectivity index (χ0n) is 14.1. The summed E-state index contributed by atoms with van der Waals surface area (Å²) in [5, 5.41) is 4.30. The van der Waals surface area contributed by atoms with Crippen LogP contribution in [0.15, 0.2) is 30.7 Å². The molecule has 0 aliphatic rings. The molecule has 2 rings (SSSR count).